The Morgan fingerprint density at radius 1 is 1.43 bits per heavy atom. The average Bonchev–Trinajstić information content (AvgIpc) is 2.17. The van der Waals surface area contributed by atoms with E-state index in [4.69, 9.17) is 16.3 Å². The number of alkyl halides is 1. The first-order valence-corrected chi connectivity index (χ1v) is 5.18. The Balaban J connectivity index is 2.41. The number of hydrogen-bond acceptors (Lipinski definition) is 1. The standard InChI is InChI=1S/C11H14ClFO/c1-9(6-7-12)14-8-10-4-2-3-5-11(10)13/h2-5,9H,6-8H2,1H3. The van der Waals surface area contributed by atoms with Gasteiger partial charge in [-0.1, -0.05) is 18.2 Å². The summed E-state index contributed by atoms with van der Waals surface area (Å²) < 4.78 is 18.5. The minimum Gasteiger partial charge on any atom is -0.374 e. The maximum Gasteiger partial charge on any atom is 0.128 e. The number of halogens is 2. The van der Waals surface area contributed by atoms with Crippen LogP contribution in [0.1, 0.15) is 18.9 Å². The van der Waals surface area contributed by atoms with Gasteiger partial charge in [-0.3, -0.25) is 0 Å². The van der Waals surface area contributed by atoms with Crippen molar-refractivity contribution in [3.63, 3.8) is 0 Å². The minimum absolute atomic E-state index is 0.0760. The molecule has 0 aliphatic carbocycles. The summed E-state index contributed by atoms with van der Waals surface area (Å²) in [6, 6.07) is 6.63. The Hall–Kier alpha value is -0.600. The van der Waals surface area contributed by atoms with Gasteiger partial charge in [0.05, 0.1) is 12.7 Å². The Bertz CT molecular complexity index is 278. The molecule has 0 saturated heterocycles. The van der Waals surface area contributed by atoms with E-state index < -0.39 is 0 Å². The van der Waals surface area contributed by atoms with E-state index in [9.17, 15) is 4.39 Å². The molecule has 1 rings (SSSR count). The maximum absolute atomic E-state index is 13.1. The van der Waals surface area contributed by atoms with Crippen LogP contribution in [-0.2, 0) is 11.3 Å². The zero-order valence-corrected chi connectivity index (χ0v) is 8.93. The molecule has 1 nitrogen and oxygen atoms in total. The zero-order chi connectivity index (χ0) is 10.4. The van der Waals surface area contributed by atoms with E-state index in [0.29, 0.717) is 18.1 Å². The smallest absolute Gasteiger partial charge is 0.128 e. The van der Waals surface area contributed by atoms with Gasteiger partial charge in [-0.25, -0.2) is 4.39 Å². The third kappa shape index (κ3) is 3.64. The second-order valence-electron chi connectivity index (χ2n) is 3.19. The summed E-state index contributed by atoms with van der Waals surface area (Å²) >= 11 is 5.56. The molecule has 3 heteroatoms. The summed E-state index contributed by atoms with van der Waals surface area (Å²) in [7, 11) is 0. The largest absolute Gasteiger partial charge is 0.374 e. The molecule has 0 amide bonds. The minimum atomic E-state index is -0.217. The predicted molar refractivity (Wildman–Crippen MR) is 56.0 cm³/mol. The topological polar surface area (TPSA) is 9.23 Å². The highest BCUT2D eigenvalue weighted by Crippen LogP contribution is 2.10. The molecule has 0 saturated carbocycles. The van der Waals surface area contributed by atoms with Gasteiger partial charge in [0.15, 0.2) is 0 Å². The van der Waals surface area contributed by atoms with Crippen LogP contribution in [0, 0.1) is 5.82 Å². The summed E-state index contributed by atoms with van der Waals surface area (Å²) in [4.78, 5) is 0. The highest BCUT2D eigenvalue weighted by molar-refractivity contribution is 6.17. The fourth-order valence-corrected chi connectivity index (χ4v) is 1.39. The van der Waals surface area contributed by atoms with Gasteiger partial charge in [0, 0.05) is 11.4 Å². The molecule has 0 N–H and O–H groups in total. The van der Waals surface area contributed by atoms with E-state index in [1.165, 1.54) is 6.07 Å². The van der Waals surface area contributed by atoms with E-state index in [1.54, 1.807) is 18.2 Å². The average molecular weight is 217 g/mol. The summed E-state index contributed by atoms with van der Waals surface area (Å²) in [6.07, 6.45) is 0.864. The van der Waals surface area contributed by atoms with Crippen molar-refractivity contribution in [2.75, 3.05) is 5.88 Å². The van der Waals surface area contributed by atoms with Crippen LogP contribution in [0.15, 0.2) is 24.3 Å². The summed E-state index contributed by atoms with van der Waals surface area (Å²) in [5.74, 6) is 0.351. The van der Waals surface area contributed by atoms with Crippen molar-refractivity contribution in [3.8, 4) is 0 Å². The Labute approximate surface area is 88.8 Å². The SMILES string of the molecule is CC(CCCl)OCc1ccccc1F. The molecule has 1 aromatic rings. The normalized spacial score (nSPS) is 12.8. The van der Waals surface area contributed by atoms with Gasteiger partial charge in [-0.05, 0) is 19.4 Å². The van der Waals surface area contributed by atoms with Crippen LogP contribution in [0.5, 0.6) is 0 Å². The monoisotopic (exact) mass is 216 g/mol. The lowest BCUT2D eigenvalue weighted by atomic mass is 10.2. The molecule has 1 atom stereocenters. The predicted octanol–water partition coefficient (Wildman–Crippen LogP) is 3.36. The Morgan fingerprint density at radius 3 is 2.79 bits per heavy atom. The van der Waals surface area contributed by atoms with Crippen molar-refractivity contribution in [1.29, 1.82) is 0 Å². The third-order valence-corrected chi connectivity index (χ3v) is 2.22. The molecular weight excluding hydrogens is 203 g/mol. The summed E-state index contributed by atoms with van der Waals surface area (Å²) in [6.45, 7) is 2.24. The molecular formula is C11H14ClFO. The molecule has 0 aromatic heterocycles. The van der Waals surface area contributed by atoms with E-state index in [2.05, 4.69) is 0 Å². The second-order valence-corrected chi connectivity index (χ2v) is 3.57. The highest BCUT2D eigenvalue weighted by Gasteiger charge is 2.04. The van der Waals surface area contributed by atoms with Crippen molar-refractivity contribution in [2.45, 2.75) is 26.1 Å². The first-order valence-electron chi connectivity index (χ1n) is 4.65. The molecule has 14 heavy (non-hydrogen) atoms. The van der Waals surface area contributed by atoms with Gasteiger partial charge in [0.2, 0.25) is 0 Å². The molecule has 1 unspecified atom stereocenters. The van der Waals surface area contributed by atoms with Gasteiger partial charge in [-0.2, -0.15) is 0 Å². The van der Waals surface area contributed by atoms with Gasteiger partial charge < -0.3 is 4.74 Å². The number of benzene rings is 1. The van der Waals surface area contributed by atoms with Crippen LogP contribution in [-0.4, -0.2) is 12.0 Å². The van der Waals surface area contributed by atoms with E-state index in [1.807, 2.05) is 6.92 Å². The van der Waals surface area contributed by atoms with E-state index >= 15 is 0 Å². The fourth-order valence-electron chi connectivity index (χ4n) is 1.08. The van der Waals surface area contributed by atoms with Crippen LogP contribution in [0.4, 0.5) is 4.39 Å². The molecule has 0 bridgehead atoms. The second kappa shape index (κ2) is 5.99. The first-order chi connectivity index (χ1) is 6.74. The van der Waals surface area contributed by atoms with Crippen LogP contribution >= 0.6 is 11.6 Å². The molecule has 78 valence electrons. The van der Waals surface area contributed by atoms with E-state index in [0.717, 1.165) is 6.42 Å². The lowest BCUT2D eigenvalue weighted by molar-refractivity contribution is 0.0498. The lowest BCUT2D eigenvalue weighted by Crippen LogP contribution is -2.09. The molecule has 0 aliphatic heterocycles. The van der Waals surface area contributed by atoms with Gasteiger partial charge >= 0.3 is 0 Å². The van der Waals surface area contributed by atoms with Gasteiger partial charge in [-0.15, -0.1) is 11.6 Å². The quantitative estimate of drug-likeness (QED) is 0.686. The van der Waals surface area contributed by atoms with Crippen molar-refractivity contribution < 1.29 is 9.13 Å². The Kier molecular flexibility index (Phi) is 4.91. The maximum atomic E-state index is 13.1. The van der Waals surface area contributed by atoms with Crippen LogP contribution < -0.4 is 0 Å². The molecule has 1 aromatic carbocycles. The third-order valence-electron chi connectivity index (χ3n) is 2.00. The molecule has 0 fully saturated rings. The van der Waals surface area contributed by atoms with Crippen LogP contribution in [0.25, 0.3) is 0 Å². The van der Waals surface area contributed by atoms with Crippen molar-refractivity contribution in [1.82, 2.24) is 0 Å². The lowest BCUT2D eigenvalue weighted by Gasteiger charge is -2.11. The fraction of sp³-hybridized carbons (Fsp3) is 0.455. The van der Waals surface area contributed by atoms with Crippen LogP contribution in [0.2, 0.25) is 0 Å². The van der Waals surface area contributed by atoms with Gasteiger partial charge in [0.1, 0.15) is 5.82 Å². The number of hydrogen-bond donors (Lipinski definition) is 0. The zero-order valence-electron chi connectivity index (χ0n) is 8.17. The van der Waals surface area contributed by atoms with Crippen LogP contribution in [0.3, 0.4) is 0 Å². The summed E-state index contributed by atoms with van der Waals surface area (Å²) in [5, 5.41) is 0. The molecule has 0 radical (unpaired) electrons. The van der Waals surface area contributed by atoms with Gasteiger partial charge in [0.25, 0.3) is 0 Å². The van der Waals surface area contributed by atoms with Crippen molar-refractivity contribution in [3.05, 3.63) is 35.6 Å². The van der Waals surface area contributed by atoms with E-state index in [-0.39, 0.29) is 11.9 Å². The van der Waals surface area contributed by atoms with Crippen molar-refractivity contribution >= 4 is 11.6 Å². The molecule has 0 heterocycles. The molecule has 0 spiro atoms. The summed E-state index contributed by atoms with van der Waals surface area (Å²) in [5.41, 5.74) is 0.592. The number of ether oxygens (including phenoxy) is 1. The number of rotatable bonds is 5. The Morgan fingerprint density at radius 2 is 2.14 bits per heavy atom. The van der Waals surface area contributed by atoms with Crippen molar-refractivity contribution in [2.24, 2.45) is 0 Å². The first kappa shape index (κ1) is 11.5. The molecule has 0 aliphatic rings. The highest BCUT2D eigenvalue weighted by atomic mass is 35.5.